The van der Waals surface area contributed by atoms with Crippen molar-refractivity contribution in [1.82, 2.24) is 15.3 Å². The van der Waals surface area contributed by atoms with Crippen LogP contribution in [0.2, 0.25) is 0 Å². The van der Waals surface area contributed by atoms with Gasteiger partial charge in [-0.2, -0.15) is 18.2 Å². The smallest absolute Gasteiger partial charge is 0.471 e. The minimum absolute atomic E-state index is 0.0916. The van der Waals surface area contributed by atoms with E-state index in [2.05, 4.69) is 19.8 Å². The molecule has 1 unspecified atom stereocenters. The summed E-state index contributed by atoms with van der Waals surface area (Å²) < 4.78 is 63.7. The molecule has 1 atom stereocenters. The fourth-order valence-corrected chi connectivity index (χ4v) is 3.21. The van der Waals surface area contributed by atoms with Crippen molar-refractivity contribution < 1.29 is 41.5 Å². The molecule has 0 fully saturated rings. The lowest BCUT2D eigenvalue weighted by molar-refractivity contribution is -0.159. The van der Waals surface area contributed by atoms with Gasteiger partial charge in [0.15, 0.2) is 0 Å². The molecule has 9 nitrogen and oxygen atoms in total. The predicted octanol–water partition coefficient (Wildman–Crippen LogP) is 4.07. The van der Waals surface area contributed by atoms with Crippen molar-refractivity contribution in [2.45, 2.75) is 39.0 Å². The second-order valence-corrected chi connectivity index (χ2v) is 7.61. The maximum atomic E-state index is 12.7. The van der Waals surface area contributed by atoms with E-state index >= 15 is 0 Å². The first-order valence-electron chi connectivity index (χ1n) is 10.5. The lowest BCUT2D eigenvalue weighted by Crippen LogP contribution is -2.10. The Morgan fingerprint density at radius 2 is 1.76 bits per heavy atom. The van der Waals surface area contributed by atoms with Gasteiger partial charge >= 0.3 is 12.1 Å². The Balaban J connectivity index is 1.51. The highest BCUT2D eigenvalue weighted by Crippen LogP contribution is 2.32. The SMILES string of the molecule is COCCOCC(O)c1cc(CCCOc2c(C)cc(-c3noc(C(F)(F)F)n3)cc2C)on1. The molecule has 1 N–H and O–H groups in total. The molecule has 1 aromatic carbocycles. The Bertz CT molecular complexity index is 1040. The Morgan fingerprint density at radius 3 is 2.41 bits per heavy atom. The third-order valence-electron chi connectivity index (χ3n) is 4.83. The lowest BCUT2D eigenvalue weighted by Gasteiger charge is -2.13. The molecule has 0 radical (unpaired) electrons. The van der Waals surface area contributed by atoms with E-state index in [0.29, 0.717) is 55.4 Å². The highest BCUT2D eigenvalue weighted by molar-refractivity contribution is 5.61. The number of aryl methyl sites for hydroxylation is 3. The number of halogens is 3. The van der Waals surface area contributed by atoms with Crippen molar-refractivity contribution in [3.05, 3.63) is 46.7 Å². The number of alkyl halides is 3. The molecule has 0 amide bonds. The fourth-order valence-electron chi connectivity index (χ4n) is 3.21. The monoisotopic (exact) mass is 485 g/mol. The molecule has 3 aromatic rings. The molecule has 34 heavy (non-hydrogen) atoms. The van der Waals surface area contributed by atoms with Gasteiger partial charge in [0.1, 0.15) is 23.3 Å². The van der Waals surface area contributed by atoms with E-state index in [-0.39, 0.29) is 12.4 Å². The minimum atomic E-state index is -4.70. The van der Waals surface area contributed by atoms with E-state index in [0.717, 1.165) is 11.1 Å². The summed E-state index contributed by atoms with van der Waals surface area (Å²) in [7, 11) is 1.57. The average molecular weight is 485 g/mol. The van der Waals surface area contributed by atoms with Crippen LogP contribution in [0.25, 0.3) is 11.4 Å². The summed E-state index contributed by atoms with van der Waals surface area (Å²) in [6.07, 6.45) is -4.42. The summed E-state index contributed by atoms with van der Waals surface area (Å²) in [4.78, 5) is 3.42. The van der Waals surface area contributed by atoms with E-state index in [1.165, 1.54) is 0 Å². The number of rotatable bonds is 12. The molecule has 186 valence electrons. The Labute approximate surface area is 193 Å². The molecule has 0 aliphatic carbocycles. The van der Waals surface area contributed by atoms with E-state index in [1.54, 1.807) is 39.2 Å². The van der Waals surface area contributed by atoms with Gasteiger partial charge in [-0.15, -0.1) is 0 Å². The van der Waals surface area contributed by atoms with Crippen molar-refractivity contribution in [3.8, 4) is 17.1 Å². The molecule has 0 bridgehead atoms. The molecule has 12 heteroatoms. The molecule has 0 spiro atoms. The number of aliphatic hydroxyl groups excluding tert-OH is 1. The van der Waals surface area contributed by atoms with E-state index < -0.39 is 18.2 Å². The topological polar surface area (TPSA) is 113 Å². The number of hydrogen-bond acceptors (Lipinski definition) is 9. The van der Waals surface area contributed by atoms with E-state index in [4.69, 9.17) is 18.7 Å². The highest BCUT2D eigenvalue weighted by atomic mass is 19.4. The van der Waals surface area contributed by atoms with E-state index in [1.807, 2.05) is 0 Å². The van der Waals surface area contributed by atoms with Crippen LogP contribution >= 0.6 is 0 Å². The molecule has 0 saturated carbocycles. The number of hydrogen-bond donors (Lipinski definition) is 1. The quantitative estimate of drug-likeness (QED) is 0.379. The summed E-state index contributed by atoms with van der Waals surface area (Å²) in [6.45, 7) is 4.85. The van der Waals surface area contributed by atoms with Crippen LogP contribution in [0.4, 0.5) is 13.2 Å². The first kappa shape index (κ1) is 25.7. The van der Waals surface area contributed by atoms with Crippen LogP contribution in [0.1, 0.15) is 41.0 Å². The van der Waals surface area contributed by atoms with Crippen LogP contribution in [0.15, 0.2) is 27.2 Å². The third kappa shape index (κ3) is 6.78. The molecular weight excluding hydrogens is 459 g/mol. The molecule has 2 heterocycles. The van der Waals surface area contributed by atoms with Crippen LogP contribution in [0.3, 0.4) is 0 Å². The molecule has 0 aliphatic heterocycles. The zero-order chi connectivity index (χ0) is 24.7. The maximum Gasteiger partial charge on any atom is 0.471 e. The molecule has 0 saturated heterocycles. The Kier molecular flexibility index (Phi) is 8.64. The fraction of sp³-hybridized carbons (Fsp3) is 0.500. The van der Waals surface area contributed by atoms with Crippen molar-refractivity contribution in [2.24, 2.45) is 0 Å². The first-order chi connectivity index (χ1) is 16.2. The summed E-state index contributed by atoms with van der Waals surface area (Å²) >= 11 is 0. The van der Waals surface area contributed by atoms with Crippen LogP contribution < -0.4 is 4.74 Å². The lowest BCUT2D eigenvalue weighted by atomic mass is 10.1. The largest absolute Gasteiger partial charge is 0.493 e. The van der Waals surface area contributed by atoms with Crippen LogP contribution in [0, 0.1) is 13.8 Å². The van der Waals surface area contributed by atoms with Gasteiger partial charge in [-0.05, 0) is 43.5 Å². The van der Waals surface area contributed by atoms with Gasteiger partial charge in [0, 0.05) is 25.2 Å². The highest BCUT2D eigenvalue weighted by Gasteiger charge is 2.38. The Morgan fingerprint density at radius 1 is 1.03 bits per heavy atom. The van der Waals surface area contributed by atoms with Gasteiger partial charge in [-0.25, -0.2) is 0 Å². The third-order valence-corrected chi connectivity index (χ3v) is 4.83. The average Bonchev–Trinajstić information content (AvgIpc) is 3.45. The van der Waals surface area contributed by atoms with Crippen LogP contribution in [-0.4, -0.2) is 53.9 Å². The number of aromatic nitrogens is 3. The first-order valence-corrected chi connectivity index (χ1v) is 10.5. The van der Waals surface area contributed by atoms with Gasteiger partial charge in [-0.3, -0.25) is 0 Å². The Hall–Kier alpha value is -2.96. The summed E-state index contributed by atoms with van der Waals surface area (Å²) in [5.41, 5.74) is 2.25. The zero-order valence-electron chi connectivity index (χ0n) is 19.0. The summed E-state index contributed by atoms with van der Waals surface area (Å²) in [5, 5.41) is 17.4. The van der Waals surface area contributed by atoms with Gasteiger partial charge < -0.3 is 28.4 Å². The van der Waals surface area contributed by atoms with Crippen molar-refractivity contribution in [3.63, 3.8) is 0 Å². The summed E-state index contributed by atoms with van der Waals surface area (Å²) in [5.74, 6) is -0.293. The van der Waals surface area contributed by atoms with Crippen molar-refractivity contribution in [2.75, 3.05) is 33.5 Å². The molecular formula is C22H26F3N3O6. The molecule has 2 aromatic heterocycles. The number of benzene rings is 1. The normalized spacial score (nSPS) is 12.8. The van der Waals surface area contributed by atoms with Gasteiger partial charge in [0.2, 0.25) is 5.82 Å². The van der Waals surface area contributed by atoms with Gasteiger partial charge in [-0.1, -0.05) is 10.3 Å². The zero-order valence-corrected chi connectivity index (χ0v) is 19.0. The maximum absolute atomic E-state index is 12.7. The number of nitrogens with zero attached hydrogens (tertiary/aromatic N) is 3. The van der Waals surface area contributed by atoms with Crippen LogP contribution in [-0.2, 0) is 22.1 Å². The molecule has 3 rings (SSSR count). The molecule has 0 aliphatic rings. The van der Waals surface area contributed by atoms with Crippen LogP contribution in [0.5, 0.6) is 5.75 Å². The summed E-state index contributed by atoms with van der Waals surface area (Å²) in [6, 6.07) is 4.97. The van der Waals surface area contributed by atoms with Crippen molar-refractivity contribution >= 4 is 0 Å². The second kappa shape index (κ2) is 11.4. The number of aliphatic hydroxyl groups is 1. The second-order valence-electron chi connectivity index (χ2n) is 7.61. The standard InChI is InChI=1S/C22H26F3N3O6/c1-13-9-15(20-26-21(34-28-20)22(23,24)25)10-14(2)19(13)32-6-4-5-16-11-17(27-33-16)18(29)12-31-8-7-30-3/h9-11,18,29H,4-8,12H2,1-3H3. The van der Waals surface area contributed by atoms with Gasteiger partial charge in [0.25, 0.3) is 0 Å². The minimum Gasteiger partial charge on any atom is -0.493 e. The van der Waals surface area contributed by atoms with E-state index in [9.17, 15) is 18.3 Å². The number of methoxy groups -OCH3 is 1. The predicted molar refractivity (Wildman–Crippen MR) is 112 cm³/mol. The van der Waals surface area contributed by atoms with Gasteiger partial charge in [0.05, 0.1) is 26.4 Å². The van der Waals surface area contributed by atoms with Crippen molar-refractivity contribution in [1.29, 1.82) is 0 Å². The number of ether oxygens (including phenoxy) is 3.